The van der Waals surface area contributed by atoms with Crippen molar-refractivity contribution in [2.24, 2.45) is 0 Å². The third-order valence-electron chi connectivity index (χ3n) is 6.90. The Hall–Kier alpha value is -4.46. The van der Waals surface area contributed by atoms with Gasteiger partial charge in [0, 0.05) is 42.2 Å². The molecule has 1 heterocycles. The lowest BCUT2D eigenvalue weighted by molar-refractivity contribution is -0.384. The van der Waals surface area contributed by atoms with Crippen LogP contribution in [0.1, 0.15) is 42.1 Å². The molecular weight excluding hydrogens is 470 g/mol. The van der Waals surface area contributed by atoms with E-state index in [0.717, 1.165) is 29.9 Å². The molecule has 1 fully saturated rings. The maximum Gasteiger partial charge on any atom is 0.300 e. The van der Waals surface area contributed by atoms with E-state index in [1.54, 1.807) is 6.07 Å². The third-order valence-corrected chi connectivity index (χ3v) is 6.90. The molecule has 1 unspecified atom stereocenters. The fraction of sp³-hybridized carbons (Fsp3) is 0.241. The van der Waals surface area contributed by atoms with E-state index in [9.17, 15) is 24.8 Å². The van der Waals surface area contributed by atoms with Crippen LogP contribution in [0.2, 0.25) is 0 Å². The van der Waals surface area contributed by atoms with Gasteiger partial charge in [-0.3, -0.25) is 24.6 Å². The number of ketones is 1. The molecule has 0 aliphatic carbocycles. The molecule has 0 bridgehead atoms. The van der Waals surface area contributed by atoms with Gasteiger partial charge in [0.1, 0.15) is 5.76 Å². The van der Waals surface area contributed by atoms with Crippen molar-refractivity contribution >= 4 is 34.5 Å². The van der Waals surface area contributed by atoms with Gasteiger partial charge >= 0.3 is 0 Å². The molecule has 4 rings (SSSR count). The Labute approximate surface area is 215 Å². The van der Waals surface area contributed by atoms with Crippen LogP contribution in [0.5, 0.6) is 0 Å². The highest BCUT2D eigenvalue weighted by Gasteiger charge is 2.47. The zero-order valence-electron chi connectivity index (χ0n) is 21.3. The van der Waals surface area contributed by atoms with E-state index in [0.29, 0.717) is 11.3 Å². The van der Waals surface area contributed by atoms with Crippen molar-refractivity contribution in [1.29, 1.82) is 0 Å². The first-order chi connectivity index (χ1) is 17.7. The highest BCUT2D eigenvalue weighted by atomic mass is 16.6. The second-order valence-electron chi connectivity index (χ2n) is 9.01. The Morgan fingerprint density at radius 2 is 1.57 bits per heavy atom. The Bertz CT molecular complexity index is 1390. The monoisotopic (exact) mass is 499 g/mol. The molecule has 1 N–H and O–H groups in total. The summed E-state index contributed by atoms with van der Waals surface area (Å²) in [6.07, 6.45) is 0. The number of aryl methyl sites for hydroxylation is 2. The van der Waals surface area contributed by atoms with Gasteiger partial charge in [-0.05, 0) is 80.8 Å². The predicted molar refractivity (Wildman–Crippen MR) is 144 cm³/mol. The van der Waals surface area contributed by atoms with Gasteiger partial charge in [0.15, 0.2) is 0 Å². The van der Waals surface area contributed by atoms with Gasteiger partial charge in [-0.15, -0.1) is 0 Å². The van der Waals surface area contributed by atoms with E-state index >= 15 is 0 Å². The first-order valence-electron chi connectivity index (χ1n) is 12.2. The molecule has 3 aromatic carbocycles. The summed E-state index contributed by atoms with van der Waals surface area (Å²) < 4.78 is 0. The van der Waals surface area contributed by atoms with Crippen molar-refractivity contribution in [2.45, 2.75) is 33.7 Å². The van der Waals surface area contributed by atoms with Crippen molar-refractivity contribution in [2.75, 3.05) is 22.9 Å². The molecule has 1 atom stereocenters. The summed E-state index contributed by atoms with van der Waals surface area (Å²) in [6.45, 7) is 9.69. The van der Waals surface area contributed by atoms with Crippen LogP contribution in [0, 0.1) is 24.0 Å². The summed E-state index contributed by atoms with van der Waals surface area (Å²) in [6, 6.07) is 17.5. The van der Waals surface area contributed by atoms with Crippen molar-refractivity contribution in [3.8, 4) is 0 Å². The smallest absolute Gasteiger partial charge is 0.300 e. The molecule has 0 saturated carbocycles. The summed E-state index contributed by atoms with van der Waals surface area (Å²) in [5.74, 6) is -1.94. The quantitative estimate of drug-likeness (QED) is 0.147. The lowest BCUT2D eigenvalue weighted by Crippen LogP contribution is -2.29. The molecule has 190 valence electrons. The first-order valence-corrected chi connectivity index (χ1v) is 12.2. The number of benzene rings is 3. The normalized spacial score (nSPS) is 16.8. The zero-order chi connectivity index (χ0) is 26.9. The number of nitrogens with zero attached hydrogens (tertiary/aromatic N) is 3. The van der Waals surface area contributed by atoms with Crippen LogP contribution >= 0.6 is 0 Å². The average Bonchev–Trinajstić information content (AvgIpc) is 3.16. The van der Waals surface area contributed by atoms with Crippen molar-refractivity contribution in [3.05, 3.63) is 105 Å². The number of nitro benzene ring substituents is 1. The lowest BCUT2D eigenvalue weighted by Gasteiger charge is -2.27. The van der Waals surface area contributed by atoms with Gasteiger partial charge in [-0.25, -0.2) is 0 Å². The van der Waals surface area contributed by atoms with Gasteiger partial charge in [-0.1, -0.05) is 18.2 Å². The first kappa shape index (κ1) is 25.6. The second kappa shape index (κ2) is 10.3. The minimum Gasteiger partial charge on any atom is -0.507 e. The van der Waals surface area contributed by atoms with Gasteiger partial charge in [-0.2, -0.15) is 0 Å². The molecule has 1 aliphatic rings. The van der Waals surface area contributed by atoms with E-state index in [1.807, 2.05) is 50.2 Å². The van der Waals surface area contributed by atoms with Gasteiger partial charge < -0.3 is 10.0 Å². The molecule has 3 aromatic rings. The number of anilines is 2. The maximum atomic E-state index is 13.4. The minimum absolute atomic E-state index is 0.0623. The van der Waals surface area contributed by atoms with Gasteiger partial charge in [0.2, 0.25) is 0 Å². The average molecular weight is 500 g/mol. The Morgan fingerprint density at radius 1 is 0.946 bits per heavy atom. The zero-order valence-corrected chi connectivity index (χ0v) is 21.3. The van der Waals surface area contributed by atoms with Crippen LogP contribution in [0.15, 0.2) is 72.3 Å². The van der Waals surface area contributed by atoms with Crippen LogP contribution in [-0.2, 0) is 9.59 Å². The number of aliphatic hydroxyl groups is 1. The van der Waals surface area contributed by atoms with Gasteiger partial charge in [0.25, 0.3) is 17.4 Å². The Balaban J connectivity index is 1.90. The third kappa shape index (κ3) is 4.70. The number of non-ortho nitro benzene ring substituents is 1. The fourth-order valence-electron chi connectivity index (χ4n) is 4.64. The number of carbonyl (C=O) groups excluding carboxylic acids is 2. The largest absolute Gasteiger partial charge is 0.507 e. The number of amides is 1. The molecule has 8 heteroatoms. The van der Waals surface area contributed by atoms with Crippen LogP contribution in [-0.4, -0.2) is 34.8 Å². The van der Waals surface area contributed by atoms with Crippen LogP contribution in [0.3, 0.4) is 0 Å². The SMILES string of the molecule is CCN(CC)c1ccc(C2/C(=C(\O)c3ccc([N+](=O)[O-])cc3)C(=O)C(=O)N2c2ccc(C)c(C)c2)cc1. The van der Waals surface area contributed by atoms with Crippen LogP contribution in [0.25, 0.3) is 5.76 Å². The van der Waals surface area contributed by atoms with Crippen LogP contribution in [0.4, 0.5) is 17.1 Å². The molecule has 0 aromatic heterocycles. The van der Waals surface area contributed by atoms with Gasteiger partial charge in [0.05, 0.1) is 16.5 Å². The molecule has 8 nitrogen and oxygen atoms in total. The number of rotatable bonds is 7. The number of carbonyl (C=O) groups is 2. The molecule has 1 amide bonds. The molecule has 1 saturated heterocycles. The second-order valence-corrected chi connectivity index (χ2v) is 9.01. The number of Topliss-reactive ketones (excluding diaryl/α,β-unsaturated/α-hetero) is 1. The maximum absolute atomic E-state index is 13.4. The summed E-state index contributed by atoms with van der Waals surface area (Å²) in [4.78, 5) is 40.9. The van der Waals surface area contributed by atoms with E-state index < -0.39 is 22.7 Å². The topological polar surface area (TPSA) is 104 Å². The number of aliphatic hydroxyl groups excluding tert-OH is 1. The predicted octanol–water partition coefficient (Wildman–Crippen LogP) is 5.68. The summed E-state index contributed by atoms with van der Waals surface area (Å²) in [7, 11) is 0. The number of hydrogen-bond acceptors (Lipinski definition) is 6. The fourth-order valence-corrected chi connectivity index (χ4v) is 4.64. The Morgan fingerprint density at radius 3 is 2.11 bits per heavy atom. The van der Waals surface area contributed by atoms with Crippen molar-refractivity contribution in [1.82, 2.24) is 0 Å². The van der Waals surface area contributed by atoms with Crippen LogP contribution < -0.4 is 9.80 Å². The molecule has 0 radical (unpaired) electrons. The van der Waals surface area contributed by atoms with E-state index in [-0.39, 0.29) is 22.6 Å². The summed E-state index contributed by atoms with van der Waals surface area (Å²) >= 11 is 0. The number of hydrogen-bond donors (Lipinski definition) is 1. The van der Waals surface area contributed by atoms with Crippen molar-refractivity contribution in [3.63, 3.8) is 0 Å². The Kier molecular flexibility index (Phi) is 7.11. The van der Waals surface area contributed by atoms with Crippen molar-refractivity contribution < 1.29 is 19.6 Å². The summed E-state index contributed by atoms with van der Waals surface area (Å²) in [5, 5.41) is 22.3. The van der Waals surface area contributed by atoms with E-state index in [1.165, 1.54) is 29.2 Å². The molecule has 0 spiro atoms. The lowest BCUT2D eigenvalue weighted by atomic mass is 9.94. The highest BCUT2D eigenvalue weighted by molar-refractivity contribution is 6.51. The van der Waals surface area contributed by atoms with E-state index in [4.69, 9.17) is 0 Å². The number of nitro groups is 1. The molecule has 37 heavy (non-hydrogen) atoms. The minimum atomic E-state index is -0.872. The highest BCUT2D eigenvalue weighted by Crippen LogP contribution is 2.43. The standard InChI is InChI=1S/C29H29N3O5/c1-5-30(6-2)22-13-8-20(9-14-22)26-25(27(33)21-10-15-23(16-11-21)32(36)37)28(34)29(35)31(26)24-12-7-18(3)19(4)17-24/h7-17,26,33H,5-6H2,1-4H3/b27-25+. The molecule has 1 aliphatic heterocycles. The molecular formula is C29H29N3O5. The van der Waals surface area contributed by atoms with E-state index in [2.05, 4.69) is 18.7 Å². The summed E-state index contributed by atoms with van der Waals surface area (Å²) in [5.41, 5.74) is 4.24.